The lowest BCUT2D eigenvalue weighted by Gasteiger charge is -2.45. The number of hydrogen-bond acceptors (Lipinski definition) is 5. The molecule has 5 nitrogen and oxygen atoms in total. The normalized spacial score (nSPS) is 24.5. The van der Waals surface area contributed by atoms with Crippen LogP contribution in [0.1, 0.15) is 16.7 Å². The molecule has 1 aliphatic rings. The predicted molar refractivity (Wildman–Crippen MR) is 127 cm³/mol. The molecule has 0 radical (unpaired) electrons. The Bertz CT molecular complexity index is 990. The van der Waals surface area contributed by atoms with Gasteiger partial charge in [-0.05, 0) is 16.7 Å². The third-order valence-electron chi connectivity index (χ3n) is 5.87. The van der Waals surface area contributed by atoms with Crippen molar-refractivity contribution in [3.63, 3.8) is 0 Å². The SMILES string of the molecule is CO[C@H]1OC(C(F)F)[C@@H](OCc2ccccc2)C(OCc2ccccc2)C1OCc1ccccc1. The van der Waals surface area contributed by atoms with Crippen LogP contribution < -0.4 is 0 Å². The number of ether oxygens (including phenoxy) is 5. The number of halogens is 2. The highest BCUT2D eigenvalue weighted by Crippen LogP contribution is 2.33. The first-order valence-electron chi connectivity index (χ1n) is 11.6. The molecule has 3 aromatic carbocycles. The Labute approximate surface area is 204 Å². The third kappa shape index (κ3) is 6.93. The van der Waals surface area contributed by atoms with E-state index in [0.717, 1.165) is 16.7 Å². The molecule has 0 bridgehead atoms. The lowest BCUT2D eigenvalue weighted by atomic mass is 9.97. The second kappa shape index (κ2) is 12.9. The van der Waals surface area contributed by atoms with Gasteiger partial charge in [0.05, 0.1) is 19.8 Å². The van der Waals surface area contributed by atoms with E-state index in [9.17, 15) is 8.78 Å². The minimum atomic E-state index is -2.80. The highest BCUT2D eigenvalue weighted by atomic mass is 19.3. The Hall–Kier alpha value is -2.68. The van der Waals surface area contributed by atoms with Crippen LogP contribution in [-0.4, -0.2) is 44.2 Å². The fraction of sp³-hybridized carbons (Fsp3) is 0.357. The molecule has 1 heterocycles. The molecule has 3 aromatic rings. The fourth-order valence-electron chi connectivity index (χ4n) is 4.08. The van der Waals surface area contributed by atoms with Crippen LogP contribution >= 0.6 is 0 Å². The van der Waals surface area contributed by atoms with E-state index in [1.54, 1.807) is 0 Å². The Balaban J connectivity index is 1.59. The van der Waals surface area contributed by atoms with E-state index in [1.165, 1.54) is 7.11 Å². The second-order valence-electron chi connectivity index (χ2n) is 8.32. The van der Waals surface area contributed by atoms with Crippen molar-refractivity contribution in [1.82, 2.24) is 0 Å². The van der Waals surface area contributed by atoms with Crippen LogP contribution in [0.3, 0.4) is 0 Å². The molecular weight excluding hydrogens is 454 g/mol. The number of methoxy groups -OCH3 is 1. The van der Waals surface area contributed by atoms with E-state index in [4.69, 9.17) is 23.7 Å². The van der Waals surface area contributed by atoms with E-state index >= 15 is 0 Å². The predicted octanol–water partition coefficient (Wildman–Crippen LogP) is 5.38. The van der Waals surface area contributed by atoms with Crippen molar-refractivity contribution < 1.29 is 32.5 Å². The zero-order valence-electron chi connectivity index (χ0n) is 19.5. The van der Waals surface area contributed by atoms with Gasteiger partial charge in [-0.2, -0.15) is 0 Å². The molecule has 4 rings (SSSR count). The minimum absolute atomic E-state index is 0.131. The maximum absolute atomic E-state index is 14.2. The van der Waals surface area contributed by atoms with Gasteiger partial charge in [0, 0.05) is 7.11 Å². The quantitative estimate of drug-likeness (QED) is 0.366. The lowest BCUT2D eigenvalue weighted by molar-refractivity contribution is -0.332. The maximum atomic E-state index is 14.2. The number of alkyl halides is 2. The molecule has 0 N–H and O–H groups in total. The third-order valence-corrected chi connectivity index (χ3v) is 5.87. The van der Waals surface area contributed by atoms with E-state index in [0.29, 0.717) is 0 Å². The topological polar surface area (TPSA) is 46.2 Å². The first-order valence-corrected chi connectivity index (χ1v) is 11.6. The van der Waals surface area contributed by atoms with Gasteiger partial charge in [-0.15, -0.1) is 0 Å². The average molecular weight is 485 g/mol. The molecule has 7 heteroatoms. The van der Waals surface area contributed by atoms with Crippen molar-refractivity contribution >= 4 is 0 Å². The summed E-state index contributed by atoms with van der Waals surface area (Å²) in [4.78, 5) is 0. The van der Waals surface area contributed by atoms with Crippen LogP contribution in [-0.2, 0) is 43.5 Å². The summed E-state index contributed by atoms with van der Waals surface area (Å²) in [6, 6.07) is 28.5. The van der Waals surface area contributed by atoms with Crippen molar-refractivity contribution in [2.75, 3.05) is 7.11 Å². The van der Waals surface area contributed by atoms with Crippen LogP contribution in [0.15, 0.2) is 91.0 Å². The largest absolute Gasteiger partial charge is 0.368 e. The van der Waals surface area contributed by atoms with Crippen LogP contribution in [0.2, 0.25) is 0 Å². The van der Waals surface area contributed by atoms with Crippen LogP contribution in [0.25, 0.3) is 0 Å². The van der Waals surface area contributed by atoms with Crippen LogP contribution in [0.4, 0.5) is 8.78 Å². The summed E-state index contributed by atoms with van der Waals surface area (Å²) >= 11 is 0. The van der Waals surface area contributed by atoms with Gasteiger partial charge in [-0.3, -0.25) is 0 Å². The Morgan fingerprint density at radius 3 is 1.43 bits per heavy atom. The van der Waals surface area contributed by atoms with Gasteiger partial charge in [0.15, 0.2) is 12.4 Å². The molecule has 5 atom stereocenters. The number of rotatable bonds is 11. The summed E-state index contributed by atoms with van der Waals surface area (Å²) in [6.45, 7) is 0.575. The summed E-state index contributed by atoms with van der Waals surface area (Å²) in [6.07, 6.45) is -8.12. The molecule has 3 unspecified atom stereocenters. The zero-order valence-corrected chi connectivity index (χ0v) is 19.5. The molecule has 0 amide bonds. The van der Waals surface area contributed by atoms with Crippen molar-refractivity contribution in [1.29, 1.82) is 0 Å². The highest BCUT2D eigenvalue weighted by molar-refractivity contribution is 5.15. The summed E-state index contributed by atoms with van der Waals surface area (Å²) in [7, 11) is 1.41. The Morgan fingerprint density at radius 2 is 1.03 bits per heavy atom. The van der Waals surface area contributed by atoms with Gasteiger partial charge in [-0.1, -0.05) is 91.0 Å². The molecule has 1 saturated heterocycles. The first-order chi connectivity index (χ1) is 17.2. The van der Waals surface area contributed by atoms with Crippen molar-refractivity contribution in [2.24, 2.45) is 0 Å². The van der Waals surface area contributed by atoms with Gasteiger partial charge >= 0.3 is 0 Å². The molecule has 0 aromatic heterocycles. The molecule has 0 spiro atoms. The smallest absolute Gasteiger partial charge is 0.267 e. The van der Waals surface area contributed by atoms with Gasteiger partial charge in [0.2, 0.25) is 0 Å². The van der Waals surface area contributed by atoms with E-state index in [2.05, 4.69) is 0 Å². The van der Waals surface area contributed by atoms with Crippen molar-refractivity contribution in [2.45, 2.75) is 57.0 Å². The molecule has 186 valence electrons. The summed E-state index contributed by atoms with van der Waals surface area (Å²) in [5, 5.41) is 0. The first kappa shape index (κ1) is 25.4. The zero-order chi connectivity index (χ0) is 24.5. The summed E-state index contributed by atoms with van der Waals surface area (Å²) in [5.74, 6) is 0. The van der Waals surface area contributed by atoms with E-state index in [-0.39, 0.29) is 19.8 Å². The molecule has 35 heavy (non-hydrogen) atoms. The molecule has 1 aliphatic heterocycles. The minimum Gasteiger partial charge on any atom is -0.368 e. The maximum Gasteiger partial charge on any atom is 0.267 e. The fourth-order valence-corrected chi connectivity index (χ4v) is 4.08. The molecule has 0 saturated carbocycles. The molecule has 0 aliphatic carbocycles. The van der Waals surface area contributed by atoms with Crippen molar-refractivity contribution in [3.05, 3.63) is 108 Å². The van der Waals surface area contributed by atoms with Crippen molar-refractivity contribution in [3.8, 4) is 0 Å². The Kier molecular flexibility index (Phi) is 9.34. The van der Waals surface area contributed by atoms with E-state index in [1.807, 2.05) is 91.0 Å². The number of benzene rings is 3. The second-order valence-corrected chi connectivity index (χ2v) is 8.32. The van der Waals surface area contributed by atoms with Crippen LogP contribution in [0.5, 0.6) is 0 Å². The monoisotopic (exact) mass is 484 g/mol. The van der Waals surface area contributed by atoms with Gasteiger partial charge in [0.1, 0.15) is 18.3 Å². The van der Waals surface area contributed by atoms with Gasteiger partial charge in [-0.25, -0.2) is 8.78 Å². The molecule has 1 fully saturated rings. The summed E-state index contributed by atoms with van der Waals surface area (Å²) in [5.41, 5.74) is 2.70. The standard InChI is InChI=1S/C28H30F2O5/c1-31-28-26(34-19-22-15-9-4-10-16-22)24(33-18-21-13-7-3-8-14-21)23(25(35-28)27(29)30)32-17-20-11-5-2-6-12-20/h2-16,23-28H,17-19H2,1H3/t23-,24?,25?,26?,28-/m0/s1. The molecular formula is C28H30F2O5. The van der Waals surface area contributed by atoms with E-state index < -0.39 is 37.1 Å². The number of hydrogen-bond donors (Lipinski definition) is 0. The lowest BCUT2D eigenvalue weighted by Crippen LogP contribution is -2.62. The Morgan fingerprint density at radius 1 is 0.629 bits per heavy atom. The average Bonchev–Trinajstić information content (AvgIpc) is 2.91. The van der Waals surface area contributed by atoms with Crippen LogP contribution in [0, 0.1) is 0 Å². The van der Waals surface area contributed by atoms with Gasteiger partial charge < -0.3 is 23.7 Å². The summed E-state index contributed by atoms with van der Waals surface area (Å²) < 4.78 is 57.9. The highest BCUT2D eigenvalue weighted by Gasteiger charge is 2.51. The van der Waals surface area contributed by atoms with Gasteiger partial charge in [0.25, 0.3) is 6.43 Å².